The van der Waals surface area contributed by atoms with Crippen molar-refractivity contribution in [3.63, 3.8) is 0 Å². The van der Waals surface area contributed by atoms with Gasteiger partial charge in [-0.15, -0.1) is 0 Å². The molecule has 10 rings (SSSR count). The largest absolute Gasteiger partial charge is 0.507 e. The zero-order valence-corrected chi connectivity index (χ0v) is 37.7. The first-order valence-electron chi connectivity index (χ1n) is 25.3. The molecule has 322 valence electrons. The maximum atomic E-state index is 12.0. The van der Waals surface area contributed by atoms with Crippen LogP contribution < -0.4 is 0 Å². The second kappa shape index (κ2) is 17.0. The van der Waals surface area contributed by atoms with Crippen molar-refractivity contribution in [2.75, 3.05) is 0 Å². The number of hydrogen-bond donors (Lipinski definition) is 1. The van der Waals surface area contributed by atoms with Crippen molar-refractivity contribution in [3.05, 3.63) is 216 Å². The number of phenols is 1. The molecule has 0 radical (unpaired) electrons. The van der Waals surface area contributed by atoms with Gasteiger partial charge in [-0.3, -0.25) is 9.55 Å². The van der Waals surface area contributed by atoms with Gasteiger partial charge in [0.1, 0.15) is 11.6 Å². The summed E-state index contributed by atoms with van der Waals surface area (Å²) in [4.78, 5) is 10.4. The summed E-state index contributed by atoms with van der Waals surface area (Å²) in [5.41, 5.74) is 15.7. The highest BCUT2D eigenvalue weighted by Gasteiger charge is 2.25. The lowest BCUT2D eigenvalue weighted by atomic mass is 9.85. The molecular weight excluding hydrogens is 803 g/mol. The first-order valence-corrected chi connectivity index (χ1v) is 22.3. The smallest absolute Gasteiger partial charge is 0.149 e. The molecule has 0 aliphatic carbocycles. The summed E-state index contributed by atoms with van der Waals surface area (Å²) in [6.45, 7) is 5.70. The quantitative estimate of drug-likeness (QED) is 0.166. The van der Waals surface area contributed by atoms with E-state index in [-0.39, 0.29) is 22.3 Å². The molecule has 0 fully saturated rings. The lowest BCUT2D eigenvalue weighted by molar-refractivity contribution is 0.472. The SMILES string of the molecule is [2H]C([2H])([2H])c1ccc(-c2ccnc(-c3cc(-c4ccccc4)cc(-c4cccc5c4nc(-c4cc(C)cc(C)c4O)n5-c4cc(C([2H])([2H])[2H])c(-c5ccccc5)cc4-c4ccc(C(C)(C)C)cc4)c3)c2)cc1. The molecule has 0 bridgehead atoms. The first-order chi connectivity index (χ1) is 34.3. The van der Waals surface area contributed by atoms with Gasteiger partial charge in [0.2, 0.25) is 0 Å². The lowest BCUT2D eigenvalue weighted by Crippen LogP contribution is -2.10. The molecular formula is C62H53N3O. The Hall–Kier alpha value is -7.82. The molecule has 8 aromatic carbocycles. The van der Waals surface area contributed by atoms with Crippen LogP contribution in [-0.4, -0.2) is 19.6 Å². The number of rotatable bonds is 8. The lowest BCUT2D eigenvalue weighted by Gasteiger charge is -2.21. The van der Waals surface area contributed by atoms with Crippen molar-refractivity contribution >= 4 is 11.0 Å². The van der Waals surface area contributed by atoms with Gasteiger partial charge in [-0.2, -0.15) is 0 Å². The standard InChI is InChI=1S/C62H53N3O/c1-39-21-23-44(24-22-39)47-29-30-63-56(37-47)50-35-48(43-15-10-8-11-16-43)34-49(36-50)52-19-14-20-57-59(52)64-61(55-32-40(2)31-42(4)60(55)66)65(57)58-33-41(3)53(45-17-12-9-13-18-45)38-54(58)46-25-27-51(28-26-46)62(5,6)7/h8-38,66H,1-7H3/i1D3,3D3. The van der Waals surface area contributed by atoms with Crippen LogP contribution in [-0.2, 0) is 5.41 Å². The van der Waals surface area contributed by atoms with Gasteiger partial charge in [0, 0.05) is 31.1 Å². The number of aryl methyl sites for hydroxylation is 4. The fourth-order valence-corrected chi connectivity index (χ4v) is 9.06. The third-order valence-corrected chi connectivity index (χ3v) is 12.5. The van der Waals surface area contributed by atoms with Gasteiger partial charge in [-0.25, -0.2) is 4.98 Å². The molecule has 0 saturated carbocycles. The second-order valence-electron chi connectivity index (χ2n) is 18.2. The van der Waals surface area contributed by atoms with Crippen LogP contribution >= 0.6 is 0 Å². The number of benzene rings is 8. The van der Waals surface area contributed by atoms with Crippen molar-refractivity contribution in [1.29, 1.82) is 0 Å². The van der Waals surface area contributed by atoms with Gasteiger partial charge in [0.15, 0.2) is 0 Å². The third-order valence-electron chi connectivity index (χ3n) is 12.5. The Bertz CT molecular complexity index is 3650. The predicted molar refractivity (Wildman–Crippen MR) is 276 cm³/mol. The monoisotopic (exact) mass is 861 g/mol. The van der Waals surface area contributed by atoms with Crippen molar-refractivity contribution in [2.24, 2.45) is 0 Å². The zero-order chi connectivity index (χ0) is 50.7. The van der Waals surface area contributed by atoms with Crippen LogP contribution in [0, 0.1) is 27.6 Å². The van der Waals surface area contributed by atoms with E-state index < -0.39 is 13.7 Å². The minimum atomic E-state index is -2.50. The number of para-hydroxylation sites is 1. The van der Waals surface area contributed by atoms with Crippen LogP contribution in [0.5, 0.6) is 5.75 Å². The van der Waals surface area contributed by atoms with E-state index in [0.717, 1.165) is 72.5 Å². The van der Waals surface area contributed by atoms with E-state index in [2.05, 4.69) is 75.4 Å². The molecule has 66 heavy (non-hydrogen) atoms. The minimum Gasteiger partial charge on any atom is -0.507 e. The highest BCUT2D eigenvalue weighted by molar-refractivity contribution is 5.99. The number of phenolic OH excluding ortho intramolecular Hbond substituents is 1. The summed E-state index contributed by atoms with van der Waals surface area (Å²) in [6, 6.07) is 59.3. The molecule has 1 N–H and O–H groups in total. The van der Waals surface area contributed by atoms with Crippen LogP contribution in [0.3, 0.4) is 0 Å². The molecule has 0 unspecified atom stereocenters. The Balaban J connectivity index is 1.26. The average Bonchev–Trinajstić information content (AvgIpc) is 3.76. The summed E-state index contributed by atoms with van der Waals surface area (Å²) in [6.07, 6.45) is 1.77. The summed E-state index contributed by atoms with van der Waals surface area (Å²) < 4.78 is 52.6. The number of aromatic nitrogens is 3. The average molecular weight is 862 g/mol. The number of fused-ring (bicyclic) bond motifs is 1. The van der Waals surface area contributed by atoms with E-state index in [1.54, 1.807) is 24.4 Å². The topological polar surface area (TPSA) is 50.9 Å². The molecule has 0 saturated heterocycles. The van der Waals surface area contributed by atoms with E-state index in [1.165, 1.54) is 0 Å². The van der Waals surface area contributed by atoms with Gasteiger partial charge in [0.25, 0.3) is 0 Å². The fourth-order valence-electron chi connectivity index (χ4n) is 9.06. The summed E-state index contributed by atoms with van der Waals surface area (Å²) in [7, 11) is 0. The van der Waals surface area contributed by atoms with E-state index >= 15 is 0 Å². The molecule has 0 spiro atoms. The molecule has 0 atom stereocenters. The molecule has 4 heteroatoms. The Kier molecular flexibility index (Phi) is 9.12. The molecule has 0 aliphatic heterocycles. The number of nitrogens with zero attached hydrogens (tertiary/aromatic N) is 3. The predicted octanol–water partition coefficient (Wildman–Crippen LogP) is 16.3. The highest BCUT2D eigenvalue weighted by atomic mass is 16.3. The van der Waals surface area contributed by atoms with Crippen molar-refractivity contribution in [1.82, 2.24) is 14.5 Å². The molecule has 2 heterocycles. The Morgan fingerprint density at radius 2 is 1.15 bits per heavy atom. The maximum Gasteiger partial charge on any atom is 0.149 e. The number of pyridine rings is 1. The van der Waals surface area contributed by atoms with Crippen LogP contribution in [0.2, 0.25) is 0 Å². The molecule has 0 aliphatic rings. The van der Waals surface area contributed by atoms with Gasteiger partial charge < -0.3 is 5.11 Å². The normalized spacial score (nSPS) is 13.3. The van der Waals surface area contributed by atoms with Gasteiger partial charge >= 0.3 is 0 Å². The molecule has 2 aromatic heterocycles. The van der Waals surface area contributed by atoms with Crippen molar-refractivity contribution in [3.8, 4) is 89.7 Å². The van der Waals surface area contributed by atoms with Crippen molar-refractivity contribution < 1.29 is 13.3 Å². The van der Waals surface area contributed by atoms with Crippen LogP contribution in [0.25, 0.3) is 95.0 Å². The van der Waals surface area contributed by atoms with E-state index in [0.29, 0.717) is 39.2 Å². The number of hydrogen-bond acceptors (Lipinski definition) is 3. The number of imidazole rings is 1. The van der Waals surface area contributed by atoms with Gasteiger partial charge in [-0.05, 0) is 154 Å². The van der Waals surface area contributed by atoms with E-state index in [1.807, 2.05) is 128 Å². The summed E-state index contributed by atoms with van der Waals surface area (Å²) in [5, 5.41) is 12.0. The maximum absolute atomic E-state index is 12.0. The summed E-state index contributed by atoms with van der Waals surface area (Å²) >= 11 is 0. The third kappa shape index (κ3) is 8.01. The second-order valence-corrected chi connectivity index (χ2v) is 18.2. The summed E-state index contributed by atoms with van der Waals surface area (Å²) in [5.74, 6) is 0.538. The highest BCUT2D eigenvalue weighted by Crippen LogP contribution is 2.44. The number of aromatic hydroxyl groups is 1. The molecule has 10 aromatic rings. The van der Waals surface area contributed by atoms with Crippen molar-refractivity contribution in [2.45, 2.75) is 53.7 Å². The fraction of sp³-hybridized carbons (Fsp3) is 0.129. The van der Waals surface area contributed by atoms with Crippen LogP contribution in [0.4, 0.5) is 0 Å². The van der Waals surface area contributed by atoms with Crippen LogP contribution in [0.1, 0.15) is 56.8 Å². The van der Waals surface area contributed by atoms with Crippen LogP contribution in [0.15, 0.2) is 188 Å². The first kappa shape index (κ1) is 35.5. The molecule has 0 amide bonds. The molecule has 4 nitrogen and oxygen atoms in total. The minimum absolute atomic E-state index is 0.0825. The Morgan fingerprint density at radius 3 is 1.86 bits per heavy atom. The Labute approximate surface area is 397 Å². The van der Waals surface area contributed by atoms with E-state index in [4.69, 9.17) is 18.2 Å². The van der Waals surface area contributed by atoms with E-state index in [9.17, 15) is 5.11 Å². The zero-order valence-electron chi connectivity index (χ0n) is 43.7. The van der Waals surface area contributed by atoms with Gasteiger partial charge in [-0.1, -0.05) is 154 Å². The Morgan fingerprint density at radius 1 is 0.485 bits per heavy atom. The van der Waals surface area contributed by atoms with Gasteiger partial charge in [0.05, 0.1) is 28.0 Å².